The number of morpholine rings is 1. The van der Waals surface area contributed by atoms with Crippen molar-refractivity contribution in [3.63, 3.8) is 0 Å². The second-order valence-electron chi connectivity index (χ2n) is 4.02. The van der Waals surface area contributed by atoms with Crippen LogP contribution in [0.4, 0.5) is 4.39 Å². The Balaban J connectivity index is 1.98. The predicted octanol–water partition coefficient (Wildman–Crippen LogP) is 1.63. The molecule has 2 N–H and O–H groups in total. The highest BCUT2D eigenvalue weighted by atomic mass is 35.5. The van der Waals surface area contributed by atoms with Crippen LogP contribution < -0.4 is 5.73 Å². The fraction of sp³-hybridized carbons (Fsp3) is 0.417. The molecule has 0 amide bonds. The van der Waals surface area contributed by atoms with E-state index in [9.17, 15) is 4.39 Å². The van der Waals surface area contributed by atoms with Gasteiger partial charge in [0, 0.05) is 13.1 Å². The van der Waals surface area contributed by atoms with Crippen LogP contribution in [0.25, 0.3) is 0 Å². The number of nitrogens with zero attached hydrogens (tertiary/aromatic N) is 2. The fourth-order valence-corrected chi connectivity index (χ4v) is 1.91. The summed E-state index contributed by atoms with van der Waals surface area (Å²) in [6.45, 7) is 3.22. The van der Waals surface area contributed by atoms with Gasteiger partial charge in [0.25, 0.3) is 0 Å². The molecule has 0 bridgehead atoms. The molecule has 1 aromatic rings. The first-order chi connectivity index (χ1) is 8.66. The molecule has 18 heavy (non-hydrogen) atoms. The number of aliphatic imine (C=N–C) groups is 1. The van der Waals surface area contributed by atoms with Gasteiger partial charge in [-0.15, -0.1) is 0 Å². The molecule has 6 heteroatoms. The average Bonchev–Trinajstić information content (AvgIpc) is 2.41. The summed E-state index contributed by atoms with van der Waals surface area (Å²) in [5.41, 5.74) is 6.71. The third-order valence-electron chi connectivity index (χ3n) is 2.74. The lowest BCUT2D eigenvalue weighted by molar-refractivity contribution is 0.0674. The van der Waals surface area contributed by atoms with E-state index in [1.165, 1.54) is 6.07 Å². The van der Waals surface area contributed by atoms with Crippen molar-refractivity contribution >= 4 is 17.6 Å². The summed E-state index contributed by atoms with van der Waals surface area (Å²) < 4.78 is 18.2. The Bertz CT molecular complexity index is 447. The first-order valence-electron chi connectivity index (χ1n) is 5.73. The highest BCUT2D eigenvalue weighted by molar-refractivity contribution is 6.30. The van der Waals surface area contributed by atoms with Crippen molar-refractivity contribution in [2.75, 3.05) is 26.3 Å². The normalized spacial score (nSPS) is 17.0. The number of benzene rings is 1. The van der Waals surface area contributed by atoms with Crippen molar-refractivity contribution in [2.45, 2.75) is 6.54 Å². The molecule has 0 spiro atoms. The molecule has 0 atom stereocenters. The van der Waals surface area contributed by atoms with Gasteiger partial charge in [-0.2, -0.15) is 0 Å². The van der Waals surface area contributed by atoms with Gasteiger partial charge < -0.3 is 15.4 Å². The molecule has 0 aliphatic carbocycles. The maximum Gasteiger partial charge on any atom is 0.191 e. The van der Waals surface area contributed by atoms with Crippen molar-refractivity contribution in [3.8, 4) is 0 Å². The third-order valence-corrected chi connectivity index (χ3v) is 3.03. The van der Waals surface area contributed by atoms with Crippen LogP contribution in [0.5, 0.6) is 0 Å². The quantitative estimate of drug-likeness (QED) is 0.657. The number of hydrogen-bond donors (Lipinski definition) is 1. The van der Waals surface area contributed by atoms with Crippen LogP contribution in [0.1, 0.15) is 5.56 Å². The summed E-state index contributed by atoms with van der Waals surface area (Å²) in [5.74, 6) is 0.0595. The first-order valence-corrected chi connectivity index (χ1v) is 6.11. The van der Waals surface area contributed by atoms with Gasteiger partial charge in [-0.05, 0) is 17.7 Å². The van der Waals surface area contributed by atoms with E-state index in [0.717, 1.165) is 18.7 Å². The minimum Gasteiger partial charge on any atom is -0.378 e. The maximum absolute atomic E-state index is 13.0. The van der Waals surface area contributed by atoms with Gasteiger partial charge in [-0.25, -0.2) is 9.38 Å². The molecule has 1 aromatic carbocycles. The largest absolute Gasteiger partial charge is 0.378 e. The zero-order valence-electron chi connectivity index (χ0n) is 9.90. The Labute approximate surface area is 110 Å². The molecular weight excluding hydrogens is 257 g/mol. The van der Waals surface area contributed by atoms with Crippen LogP contribution in [0.15, 0.2) is 23.2 Å². The van der Waals surface area contributed by atoms with Crippen LogP contribution in [-0.2, 0) is 11.3 Å². The number of halogens is 2. The average molecular weight is 272 g/mol. The van der Waals surface area contributed by atoms with Gasteiger partial charge in [0.2, 0.25) is 0 Å². The Morgan fingerprint density at radius 2 is 2.17 bits per heavy atom. The molecule has 1 aliphatic rings. The van der Waals surface area contributed by atoms with Crippen LogP contribution in [0.2, 0.25) is 5.02 Å². The van der Waals surface area contributed by atoms with E-state index in [-0.39, 0.29) is 5.02 Å². The Morgan fingerprint density at radius 3 is 2.83 bits per heavy atom. The van der Waals surface area contributed by atoms with Crippen LogP contribution in [0, 0.1) is 5.82 Å². The lowest BCUT2D eigenvalue weighted by Gasteiger charge is -2.27. The topological polar surface area (TPSA) is 50.8 Å². The number of guanidine groups is 1. The molecule has 1 saturated heterocycles. The second-order valence-corrected chi connectivity index (χ2v) is 4.43. The Kier molecular flexibility index (Phi) is 4.38. The van der Waals surface area contributed by atoms with Gasteiger partial charge in [0.15, 0.2) is 5.96 Å². The van der Waals surface area contributed by atoms with Crippen molar-refractivity contribution in [1.82, 2.24) is 4.90 Å². The minimum absolute atomic E-state index is 0.104. The zero-order valence-corrected chi connectivity index (χ0v) is 10.7. The molecule has 1 heterocycles. The van der Waals surface area contributed by atoms with E-state index in [2.05, 4.69) is 4.99 Å². The van der Waals surface area contributed by atoms with Crippen molar-refractivity contribution in [1.29, 1.82) is 0 Å². The van der Waals surface area contributed by atoms with Gasteiger partial charge in [-0.3, -0.25) is 0 Å². The summed E-state index contributed by atoms with van der Waals surface area (Å²) in [6.07, 6.45) is 0. The summed E-state index contributed by atoms with van der Waals surface area (Å²) >= 11 is 5.70. The van der Waals surface area contributed by atoms with Crippen LogP contribution in [0.3, 0.4) is 0 Å². The standard InChI is InChI=1S/C12H15ClFN3O/c13-10-7-9(1-2-11(10)14)8-16-12(15)17-3-5-18-6-4-17/h1-2,7H,3-6,8H2,(H2,15,16). The van der Waals surface area contributed by atoms with Gasteiger partial charge >= 0.3 is 0 Å². The second kappa shape index (κ2) is 6.02. The minimum atomic E-state index is -0.425. The van der Waals surface area contributed by atoms with Gasteiger partial charge in [-0.1, -0.05) is 17.7 Å². The highest BCUT2D eigenvalue weighted by Crippen LogP contribution is 2.16. The van der Waals surface area contributed by atoms with E-state index < -0.39 is 5.82 Å². The molecule has 1 aliphatic heterocycles. The fourth-order valence-electron chi connectivity index (χ4n) is 1.70. The molecular formula is C12H15ClFN3O. The smallest absolute Gasteiger partial charge is 0.191 e. The van der Waals surface area contributed by atoms with Gasteiger partial charge in [0.1, 0.15) is 5.82 Å². The Morgan fingerprint density at radius 1 is 1.44 bits per heavy atom. The SMILES string of the molecule is NC(=NCc1ccc(F)c(Cl)c1)N1CCOCC1. The molecule has 0 unspecified atom stereocenters. The van der Waals surface area contributed by atoms with Crippen molar-refractivity contribution in [2.24, 2.45) is 10.7 Å². The maximum atomic E-state index is 13.0. The van der Waals surface area contributed by atoms with E-state index in [0.29, 0.717) is 25.7 Å². The van der Waals surface area contributed by atoms with E-state index in [1.54, 1.807) is 12.1 Å². The van der Waals surface area contributed by atoms with Crippen LogP contribution >= 0.6 is 11.6 Å². The monoisotopic (exact) mass is 271 g/mol. The number of hydrogen-bond acceptors (Lipinski definition) is 2. The summed E-state index contributed by atoms with van der Waals surface area (Å²) in [6, 6.07) is 4.54. The number of ether oxygens (including phenoxy) is 1. The summed E-state index contributed by atoms with van der Waals surface area (Å²) in [7, 11) is 0. The molecule has 0 saturated carbocycles. The molecule has 2 rings (SSSR count). The highest BCUT2D eigenvalue weighted by Gasteiger charge is 2.11. The van der Waals surface area contributed by atoms with Crippen LogP contribution in [-0.4, -0.2) is 37.2 Å². The third kappa shape index (κ3) is 3.34. The molecule has 4 nitrogen and oxygen atoms in total. The number of rotatable bonds is 2. The van der Waals surface area contributed by atoms with Crippen molar-refractivity contribution < 1.29 is 9.13 Å². The van der Waals surface area contributed by atoms with E-state index in [1.807, 2.05) is 4.90 Å². The lowest BCUT2D eigenvalue weighted by atomic mass is 10.2. The zero-order chi connectivity index (χ0) is 13.0. The number of nitrogens with two attached hydrogens (primary N) is 1. The Hall–Kier alpha value is -1.33. The summed E-state index contributed by atoms with van der Waals surface area (Å²) in [4.78, 5) is 6.24. The lowest BCUT2D eigenvalue weighted by Crippen LogP contribution is -2.44. The molecule has 0 radical (unpaired) electrons. The molecule has 1 fully saturated rings. The first kappa shape index (κ1) is 13.1. The van der Waals surface area contributed by atoms with Crippen molar-refractivity contribution in [3.05, 3.63) is 34.6 Å². The van der Waals surface area contributed by atoms with E-state index >= 15 is 0 Å². The van der Waals surface area contributed by atoms with E-state index in [4.69, 9.17) is 22.1 Å². The summed E-state index contributed by atoms with van der Waals surface area (Å²) in [5, 5.41) is 0.104. The predicted molar refractivity (Wildman–Crippen MR) is 69.1 cm³/mol. The van der Waals surface area contributed by atoms with Gasteiger partial charge in [0.05, 0.1) is 24.8 Å². The molecule has 98 valence electrons. The molecule has 0 aromatic heterocycles.